The van der Waals surface area contributed by atoms with Crippen LogP contribution in [-0.2, 0) is 16.6 Å². The molecule has 18 heavy (non-hydrogen) atoms. The van der Waals surface area contributed by atoms with Crippen LogP contribution in [0, 0.1) is 0 Å². The second-order valence-corrected chi connectivity index (χ2v) is 4.55. The molecule has 0 radical (unpaired) electrons. The van der Waals surface area contributed by atoms with Crippen LogP contribution in [-0.4, -0.2) is 28.2 Å². The third-order valence-corrected chi connectivity index (χ3v) is 3.22. The van der Waals surface area contributed by atoms with E-state index in [-0.39, 0.29) is 12.0 Å². The number of aryl methyl sites for hydroxylation is 1. The smallest absolute Gasteiger partial charge is 0.253 e. The second-order valence-electron chi connectivity index (χ2n) is 4.55. The Labute approximate surface area is 105 Å². The van der Waals surface area contributed by atoms with Gasteiger partial charge < -0.3 is 14.6 Å². The second kappa shape index (κ2) is 4.42. The molecule has 1 aliphatic rings. The number of aromatic nitrogens is 2. The first-order valence-electron chi connectivity index (χ1n) is 6.07. The van der Waals surface area contributed by atoms with Gasteiger partial charge in [-0.1, -0.05) is 0 Å². The fraction of sp³-hybridized carbons (Fsp3) is 0.385. The highest BCUT2D eigenvalue weighted by Gasteiger charge is 2.23. The lowest BCUT2D eigenvalue weighted by atomic mass is 10.2. The van der Waals surface area contributed by atoms with Gasteiger partial charge in [0.05, 0.1) is 17.4 Å². The molecule has 1 aromatic carbocycles. The quantitative estimate of drug-likeness (QED) is 0.876. The Balaban J connectivity index is 1.79. The summed E-state index contributed by atoms with van der Waals surface area (Å²) in [5.41, 5.74) is 2.69. The van der Waals surface area contributed by atoms with E-state index < -0.39 is 0 Å². The molecule has 0 spiro atoms. The predicted molar refractivity (Wildman–Crippen MR) is 68.3 cm³/mol. The van der Waals surface area contributed by atoms with Crippen molar-refractivity contribution in [3.63, 3.8) is 0 Å². The summed E-state index contributed by atoms with van der Waals surface area (Å²) < 4.78 is 7.29. The summed E-state index contributed by atoms with van der Waals surface area (Å²) in [5.74, 6) is -0.0669. The lowest BCUT2D eigenvalue weighted by Gasteiger charge is -2.10. The highest BCUT2D eigenvalue weighted by Crippen LogP contribution is 2.19. The van der Waals surface area contributed by atoms with E-state index in [4.69, 9.17) is 4.74 Å². The highest BCUT2D eigenvalue weighted by molar-refractivity contribution is 5.96. The van der Waals surface area contributed by atoms with Crippen molar-refractivity contribution in [1.29, 1.82) is 0 Å². The first-order valence-corrected chi connectivity index (χ1v) is 6.07. The van der Waals surface area contributed by atoms with Crippen LogP contribution in [0.1, 0.15) is 12.8 Å². The van der Waals surface area contributed by atoms with Crippen LogP contribution < -0.4 is 5.32 Å². The maximum absolute atomic E-state index is 11.9. The molecule has 1 fully saturated rings. The number of benzene rings is 1. The van der Waals surface area contributed by atoms with Gasteiger partial charge >= 0.3 is 0 Å². The van der Waals surface area contributed by atoms with Crippen molar-refractivity contribution in [1.82, 2.24) is 9.55 Å². The number of rotatable bonds is 2. The van der Waals surface area contributed by atoms with Crippen molar-refractivity contribution < 1.29 is 9.53 Å². The third kappa shape index (κ3) is 1.97. The molecule has 1 saturated heterocycles. The zero-order valence-electron chi connectivity index (χ0n) is 10.2. The minimum atomic E-state index is -0.301. The summed E-state index contributed by atoms with van der Waals surface area (Å²) in [6.45, 7) is 0.678. The van der Waals surface area contributed by atoms with Gasteiger partial charge in [-0.15, -0.1) is 0 Å². The zero-order valence-corrected chi connectivity index (χ0v) is 10.2. The predicted octanol–water partition coefficient (Wildman–Crippen LogP) is 1.69. The number of nitrogens with one attached hydrogen (secondary N) is 1. The average Bonchev–Trinajstić information content (AvgIpc) is 2.99. The van der Waals surface area contributed by atoms with Crippen molar-refractivity contribution in [2.75, 3.05) is 11.9 Å². The zero-order chi connectivity index (χ0) is 12.5. The molecular weight excluding hydrogens is 230 g/mol. The van der Waals surface area contributed by atoms with E-state index >= 15 is 0 Å². The van der Waals surface area contributed by atoms with Crippen molar-refractivity contribution >= 4 is 22.6 Å². The number of hydrogen-bond acceptors (Lipinski definition) is 3. The number of carbonyl (C=O) groups excluding carboxylic acids is 1. The molecule has 2 heterocycles. The number of ether oxygens (including phenoxy) is 1. The lowest BCUT2D eigenvalue weighted by Crippen LogP contribution is -2.26. The van der Waals surface area contributed by atoms with Crippen LogP contribution in [0.5, 0.6) is 0 Å². The van der Waals surface area contributed by atoms with Gasteiger partial charge in [-0.3, -0.25) is 4.79 Å². The van der Waals surface area contributed by atoms with Gasteiger partial charge in [0, 0.05) is 19.3 Å². The monoisotopic (exact) mass is 245 g/mol. The van der Waals surface area contributed by atoms with Crippen LogP contribution >= 0.6 is 0 Å². The summed E-state index contributed by atoms with van der Waals surface area (Å²) in [6.07, 6.45) is 3.22. The van der Waals surface area contributed by atoms with Crippen LogP contribution in [0.2, 0.25) is 0 Å². The molecule has 0 saturated carbocycles. The molecule has 5 heteroatoms. The fourth-order valence-corrected chi connectivity index (χ4v) is 2.22. The van der Waals surface area contributed by atoms with Crippen molar-refractivity contribution in [3.8, 4) is 0 Å². The van der Waals surface area contributed by atoms with Gasteiger partial charge in [0.25, 0.3) is 5.91 Å². The van der Waals surface area contributed by atoms with Gasteiger partial charge in [-0.2, -0.15) is 0 Å². The van der Waals surface area contributed by atoms with Crippen LogP contribution in [0.4, 0.5) is 5.69 Å². The topological polar surface area (TPSA) is 56.2 Å². The Morgan fingerprint density at radius 1 is 1.56 bits per heavy atom. The van der Waals surface area contributed by atoms with Gasteiger partial charge in [0.2, 0.25) is 0 Å². The van der Waals surface area contributed by atoms with E-state index in [0.29, 0.717) is 6.61 Å². The van der Waals surface area contributed by atoms with Crippen molar-refractivity contribution in [2.24, 2.45) is 7.05 Å². The number of fused-ring (bicyclic) bond motifs is 1. The normalized spacial score (nSPS) is 19.3. The molecule has 5 nitrogen and oxygen atoms in total. The molecule has 1 aliphatic heterocycles. The van der Waals surface area contributed by atoms with Gasteiger partial charge in [0.1, 0.15) is 6.10 Å². The molecule has 94 valence electrons. The molecule has 1 atom stereocenters. The first-order chi connectivity index (χ1) is 8.74. The van der Waals surface area contributed by atoms with Crippen molar-refractivity contribution in [2.45, 2.75) is 18.9 Å². The van der Waals surface area contributed by atoms with Gasteiger partial charge in [-0.05, 0) is 31.0 Å². The Bertz CT molecular complexity index is 585. The SMILES string of the molecule is Cn1cnc2cc(NC(=O)C3CCCO3)ccc21. The van der Waals surface area contributed by atoms with E-state index in [1.165, 1.54) is 0 Å². The summed E-state index contributed by atoms with van der Waals surface area (Å²) in [6, 6.07) is 5.71. The highest BCUT2D eigenvalue weighted by atomic mass is 16.5. The Morgan fingerprint density at radius 3 is 3.22 bits per heavy atom. The minimum Gasteiger partial charge on any atom is -0.368 e. The van der Waals surface area contributed by atoms with E-state index in [1.807, 2.05) is 29.8 Å². The third-order valence-electron chi connectivity index (χ3n) is 3.22. The van der Waals surface area contributed by atoms with Gasteiger partial charge in [0.15, 0.2) is 0 Å². The van der Waals surface area contributed by atoms with E-state index in [1.54, 1.807) is 6.33 Å². The molecular formula is C13H15N3O2. The van der Waals surface area contributed by atoms with Crippen molar-refractivity contribution in [3.05, 3.63) is 24.5 Å². The molecule has 1 aromatic heterocycles. The molecule has 2 aromatic rings. The Kier molecular flexibility index (Phi) is 2.76. The largest absolute Gasteiger partial charge is 0.368 e. The molecule has 1 amide bonds. The van der Waals surface area contributed by atoms with E-state index in [0.717, 1.165) is 29.6 Å². The Morgan fingerprint density at radius 2 is 2.44 bits per heavy atom. The maximum Gasteiger partial charge on any atom is 0.253 e. The number of carbonyl (C=O) groups is 1. The number of anilines is 1. The molecule has 1 N–H and O–H groups in total. The number of amides is 1. The van der Waals surface area contributed by atoms with Crippen LogP contribution in [0.3, 0.4) is 0 Å². The molecule has 0 aliphatic carbocycles. The standard InChI is InChI=1S/C13H15N3O2/c1-16-8-14-10-7-9(4-5-11(10)16)15-13(17)12-3-2-6-18-12/h4-5,7-8,12H,2-3,6H2,1H3,(H,15,17). The summed E-state index contributed by atoms with van der Waals surface area (Å²) >= 11 is 0. The molecule has 1 unspecified atom stereocenters. The first kappa shape index (κ1) is 11.2. The Hall–Kier alpha value is -1.88. The lowest BCUT2D eigenvalue weighted by molar-refractivity contribution is -0.124. The molecule has 3 rings (SSSR count). The van der Waals surface area contributed by atoms with E-state index in [2.05, 4.69) is 10.3 Å². The summed E-state index contributed by atoms with van der Waals surface area (Å²) in [4.78, 5) is 16.2. The molecule has 0 bridgehead atoms. The number of nitrogens with zero attached hydrogens (tertiary/aromatic N) is 2. The minimum absolute atomic E-state index is 0.0669. The van der Waals surface area contributed by atoms with E-state index in [9.17, 15) is 4.79 Å². The average molecular weight is 245 g/mol. The maximum atomic E-state index is 11.9. The van der Waals surface area contributed by atoms with Crippen LogP contribution in [0.25, 0.3) is 11.0 Å². The number of hydrogen-bond donors (Lipinski definition) is 1. The van der Waals surface area contributed by atoms with Gasteiger partial charge in [-0.25, -0.2) is 4.98 Å². The summed E-state index contributed by atoms with van der Waals surface area (Å²) in [7, 11) is 1.94. The summed E-state index contributed by atoms with van der Waals surface area (Å²) in [5, 5.41) is 2.87. The number of imidazole rings is 1. The fourth-order valence-electron chi connectivity index (χ4n) is 2.22. The van der Waals surface area contributed by atoms with Crippen LogP contribution in [0.15, 0.2) is 24.5 Å².